The Morgan fingerprint density at radius 3 is 2.36 bits per heavy atom. The number of nitrogens with one attached hydrogen (secondary N) is 1. The summed E-state index contributed by atoms with van der Waals surface area (Å²) < 4.78 is 37.9. The highest BCUT2D eigenvalue weighted by Crippen LogP contribution is 2.44. The second-order valence-electron chi connectivity index (χ2n) is 7.16. The summed E-state index contributed by atoms with van der Waals surface area (Å²) >= 11 is 0. The lowest BCUT2D eigenvalue weighted by Gasteiger charge is -2.33. The van der Waals surface area contributed by atoms with Crippen molar-refractivity contribution in [3.05, 3.63) is 36.0 Å². The maximum Gasteiger partial charge on any atom is 0.419 e. The average molecular weight is 352 g/mol. The van der Waals surface area contributed by atoms with Crippen LogP contribution in [0.2, 0.25) is 0 Å². The zero-order valence-corrected chi connectivity index (χ0v) is 13.8. The van der Waals surface area contributed by atoms with Gasteiger partial charge in [-0.1, -0.05) is 12.2 Å². The number of carbonyl (C=O) groups is 1. The van der Waals surface area contributed by atoms with Crippen molar-refractivity contribution in [1.29, 1.82) is 0 Å². The van der Waals surface area contributed by atoms with Gasteiger partial charge in [-0.3, -0.25) is 9.69 Å². The maximum absolute atomic E-state index is 12.7. The molecule has 2 bridgehead atoms. The molecular weight excluding hydrogens is 331 g/mol. The van der Waals surface area contributed by atoms with Crippen LogP contribution < -0.4 is 9.88 Å². The van der Waals surface area contributed by atoms with E-state index in [-0.39, 0.29) is 11.8 Å². The third-order valence-electron chi connectivity index (χ3n) is 5.65. The number of halogens is 3. The lowest BCUT2D eigenvalue weighted by atomic mass is 9.92. The molecule has 1 aliphatic heterocycles. The lowest BCUT2D eigenvalue weighted by molar-refractivity contribution is -0.367. The van der Waals surface area contributed by atoms with Crippen molar-refractivity contribution in [2.24, 2.45) is 17.8 Å². The van der Waals surface area contributed by atoms with Crippen molar-refractivity contribution in [3.63, 3.8) is 0 Å². The fourth-order valence-electron chi connectivity index (χ4n) is 4.26. The monoisotopic (exact) mass is 352 g/mol. The zero-order chi connectivity index (χ0) is 17.6. The van der Waals surface area contributed by atoms with Gasteiger partial charge in [0.25, 0.3) is 5.82 Å². The molecule has 7 heteroatoms. The number of alkyl halides is 3. The summed E-state index contributed by atoms with van der Waals surface area (Å²) in [5.41, 5.74) is -0.686. The molecule has 25 heavy (non-hydrogen) atoms. The van der Waals surface area contributed by atoms with Gasteiger partial charge in [0.2, 0.25) is 5.91 Å². The van der Waals surface area contributed by atoms with Crippen molar-refractivity contribution in [3.8, 4) is 0 Å². The number of rotatable bonds is 2. The standard InChI is InChI=1S/C18H20F3N3O/c19-18(20,21)14-3-4-16(22-11-14)23-5-7-24(8-6-23)17(25)15-10-12-1-2-13(15)9-12/h1-4,11-13,15H,5-10H2/p+1/t12-,13+,15-/m1/s1. The summed E-state index contributed by atoms with van der Waals surface area (Å²) in [6.07, 6.45) is 3.14. The van der Waals surface area contributed by atoms with Crippen LogP contribution in [0.25, 0.3) is 0 Å². The Hall–Kier alpha value is -2.05. The molecule has 0 aromatic carbocycles. The van der Waals surface area contributed by atoms with Gasteiger partial charge in [-0.05, 0) is 30.7 Å². The van der Waals surface area contributed by atoms with E-state index in [1.807, 2.05) is 9.80 Å². The van der Waals surface area contributed by atoms with Crippen LogP contribution in [-0.2, 0) is 11.0 Å². The molecule has 4 nitrogen and oxygen atoms in total. The van der Waals surface area contributed by atoms with E-state index < -0.39 is 11.7 Å². The molecular formula is C18H21F3N3O+. The van der Waals surface area contributed by atoms with Gasteiger partial charge in [0.1, 0.15) is 19.3 Å². The SMILES string of the molecule is O=C([C@@H]1C[C@@H]2C=C[C@H]1C2)N1CCN(c2ccc(C(F)(F)F)c[nH+]2)CC1. The average Bonchev–Trinajstić information content (AvgIpc) is 3.24. The minimum Gasteiger partial charge on any atom is -0.335 e. The fourth-order valence-corrected chi connectivity index (χ4v) is 4.26. The van der Waals surface area contributed by atoms with Gasteiger partial charge in [0.15, 0.2) is 0 Å². The van der Waals surface area contributed by atoms with Crippen molar-refractivity contribution in [1.82, 2.24) is 4.90 Å². The van der Waals surface area contributed by atoms with E-state index in [4.69, 9.17) is 0 Å². The minimum atomic E-state index is -4.34. The molecule has 1 aromatic heterocycles. The number of nitrogens with zero attached hydrogens (tertiary/aromatic N) is 2. The molecule has 0 spiro atoms. The summed E-state index contributed by atoms with van der Waals surface area (Å²) in [7, 11) is 0. The highest BCUT2D eigenvalue weighted by molar-refractivity contribution is 5.80. The van der Waals surface area contributed by atoms with Crippen LogP contribution in [0.4, 0.5) is 19.0 Å². The molecule has 3 aliphatic rings. The Balaban J connectivity index is 1.35. The van der Waals surface area contributed by atoms with Gasteiger partial charge in [0.05, 0.1) is 18.7 Å². The molecule has 1 N–H and O–H groups in total. The lowest BCUT2D eigenvalue weighted by Crippen LogP contribution is -2.51. The van der Waals surface area contributed by atoms with Crippen molar-refractivity contribution in [2.45, 2.75) is 19.0 Å². The van der Waals surface area contributed by atoms with E-state index in [9.17, 15) is 18.0 Å². The Kier molecular flexibility index (Phi) is 3.96. The summed E-state index contributed by atoms with van der Waals surface area (Å²) in [6, 6.07) is 2.55. The number of H-pyrrole nitrogens is 1. The fraction of sp³-hybridized carbons (Fsp3) is 0.556. The molecule has 1 saturated carbocycles. The number of aromatic nitrogens is 1. The normalized spacial score (nSPS) is 28.7. The van der Waals surface area contributed by atoms with Gasteiger partial charge in [-0.2, -0.15) is 13.2 Å². The molecule has 0 unspecified atom stereocenters. The number of carbonyl (C=O) groups excluding carboxylic acids is 1. The van der Waals surface area contributed by atoms with Gasteiger partial charge in [0, 0.05) is 12.0 Å². The Labute approximate surface area is 144 Å². The number of amides is 1. The van der Waals surface area contributed by atoms with Crippen LogP contribution in [0, 0.1) is 17.8 Å². The number of hydrogen-bond donors (Lipinski definition) is 0. The summed E-state index contributed by atoms with van der Waals surface area (Å²) in [5, 5.41) is 0. The van der Waals surface area contributed by atoms with Crippen LogP contribution in [-0.4, -0.2) is 37.0 Å². The van der Waals surface area contributed by atoms with Gasteiger partial charge in [-0.15, -0.1) is 0 Å². The number of allylic oxidation sites excluding steroid dienone is 2. The molecule has 0 radical (unpaired) electrons. The maximum atomic E-state index is 12.7. The Morgan fingerprint density at radius 2 is 1.84 bits per heavy atom. The summed E-state index contributed by atoms with van der Waals surface area (Å²) in [4.78, 5) is 19.4. The third kappa shape index (κ3) is 3.12. The van der Waals surface area contributed by atoms with Crippen LogP contribution in [0.15, 0.2) is 30.5 Å². The predicted octanol–water partition coefficient (Wildman–Crippen LogP) is 2.38. The highest BCUT2D eigenvalue weighted by atomic mass is 19.4. The number of anilines is 1. The summed E-state index contributed by atoms with van der Waals surface area (Å²) in [5.74, 6) is 2.00. The number of hydrogen-bond acceptors (Lipinski definition) is 2. The first-order chi connectivity index (χ1) is 11.9. The topological polar surface area (TPSA) is 37.7 Å². The van der Waals surface area contributed by atoms with E-state index in [2.05, 4.69) is 17.1 Å². The second kappa shape index (κ2) is 6.04. The number of piperazine rings is 1. The molecule has 1 saturated heterocycles. The highest BCUT2D eigenvalue weighted by Gasteiger charge is 2.42. The van der Waals surface area contributed by atoms with Crippen LogP contribution >= 0.6 is 0 Å². The number of aromatic amines is 1. The Bertz CT molecular complexity index is 678. The smallest absolute Gasteiger partial charge is 0.335 e. The largest absolute Gasteiger partial charge is 0.419 e. The molecule has 2 fully saturated rings. The van der Waals surface area contributed by atoms with Gasteiger partial charge < -0.3 is 4.90 Å². The predicted molar refractivity (Wildman–Crippen MR) is 85.6 cm³/mol. The Morgan fingerprint density at radius 1 is 1.08 bits per heavy atom. The van der Waals surface area contributed by atoms with Gasteiger partial charge in [-0.25, -0.2) is 4.98 Å². The molecule has 4 rings (SSSR count). The van der Waals surface area contributed by atoms with E-state index >= 15 is 0 Å². The first-order valence-corrected chi connectivity index (χ1v) is 8.73. The molecule has 2 heterocycles. The van der Waals surface area contributed by atoms with Crippen LogP contribution in [0.1, 0.15) is 18.4 Å². The van der Waals surface area contributed by atoms with E-state index in [1.165, 1.54) is 6.07 Å². The first-order valence-electron chi connectivity index (χ1n) is 8.73. The molecule has 1 aromatic rings. The van der Waals surface area contributed by atoms with Gasteiger partial charge >= 0.3 is 6.18 Å². The van der Waals surface area contributed by atoms with E-state index in [0.717, 1.165) is 25.1 Å². The molecule has 1 amide bonds. The quantitative estimate of drug-likeness (QED) is 0.767. The second-order valence-corrected chi connectivity index (χ2v) is 7.16. The third-order valence-corrected chi connectivity index (χ3v) is 5.65. The minimum absolute atomic E-state index is 0.124. The van der Waals surface area contributed by atoms with Crippen molar-refractivity contribution < 1.29 is 22.9 Å². The van der Waals surface area contributed by atoms with E-state index in [0.29, 0.717) is 43.8 Å². The molecule has 3 atom stereocenters. The van der Waals surface area contributed by atoms with Crippen LogP contribution in [0.3, 0.4) is 0 Å². The van der Waals surface area contributed by atoms with Crippen LogP contribution in [0.5, 0.6) is 0 Å². The van der Waals surface area contributed by atoms with E-state index in [1.54, 1.807) is 0 Å². The van der Waals surface area contributed by atoms with Crippen molar-refractivity contribution >= 4 is 11.7 Å². The summed E-state index contributed by atoms with van der Waals surface area (Å²) in [6.45, 7) is 2.49. The number of fused-ring (bicyclic) bond motifs is 2. The number of pyridine rings is 1. The molecule has 2 aliphatic carbocycles. The first kappa shape index (κ1) is 16.4. The van der Waals surface area contributed by atoms with Crippen molar-refractivity contribution in [2.75, 3.05) is 31.1 Å². The zero-order valence-electron chi connectivity index (χ0n) is 13.8. The molecule has 134 valence electrons.